The number of ether oxygens (including phenoxy) is 1. The lowest BCUT2D eigenvalue weighted by Crippen LogP contribution is -2.31. The maximum absolute atomic E-state index is 13.3. The SMILES string of the molecule is COc1ccccc1Cc1cccc([C@@H]2CCCN2S(=O)(=O)c2cn(C)nc2C)n1. The summed E-state index contributed by atoms with van der Waals surface area (Å²) >= 11 is 0. The zero-order chi connectivity index (χ0) is 21.3. The second-order valence-corrected chi connectivity index (χ2v) is 9.43. The van der Waals surface area contributed by atoms with Crippen LogP contribution in [0, 0.1) is 6.92 Å². The van der Waals surface area contributed by atoms with Gasteiger partial charge >= 0.3 is 0 Å². The van der Waals surface area contributed by atoms with Crippen molar-refractivity contribution in [3.05, 3.63) is 71.3 Å². The van der Waals surface area contributed by atoms with Gasteiger partial charge in [-0.25, -0.2) is 8.42 Å². The first kappa shape index (κ1) is 20.6. The van der Waals surface area contributed by atoms with Crippen LogP contribution in [0.25, 0.3) is 0 Å². The number of methoxy groups -OCH3 is 1. The molecule has 4 rings (SSSR count). The molecule has 2 aromatic heterocycles. The fraction of sp³-hybridized carbons (Fsp3) is 0.364. The number of pyridine rings is 1. The van der Waals surface area contributed by atoms with Crippen LogP contribution in [-0.2, 0) is 23.5 Å². The van der Waals surface area contributed by atoms with Crippen LogP contribution in [0.4, 0.5) is 0 Å². The summed E-state index contributed by atoms with van der Waals surface area (Å²) in [5.74, 6) is 0.821. The summed E-state index contributed by atoms with van der Waals surface area (Å²) in [6.45, 7) is 2.21. The van der Waals surface area contributed by atoms with E-state index in [1.807, 2.05) is 42.5 Å². The van der Waals surface area contributed by atoms with Crippen LogP contribution in [0.15, 0.2) is 53.6 Å². The van der Waals surface area contributed by atoms with Gasteiger partial charge in [0, 0.05) is 37.5 Å². The Bertz CT molecular complexity index is 1160. The molecular formula is C22H26N4O3S. The summed E-state index contributed by atoms with van der Waals surface area (Å²) in [7, 11) is -0.249. The Balaban J connectivity index is 1.64. The minimum absolute atomic E-state index is 0.266. The summed E-state index contributed by atoms with van der Waals surface area (Å²) in [5.41, 5.74) is 3.23. The Labute approximate surface area is 177 Å². The number of sulfonamides is 1. The van der Waals surface area contributed by atoms with Crippen LogP contribution in [0.1, 0.15) is 41.5 Å². The molecule has 0 amide bonds. The third kappa shape index (κ3) is 3.85. The number of hydrogen-bond donors (Lipinski definition) is 0. The predicted octanol–water partition coefficient (Wildman–Crippen LogP) is 3.25. The van der Waals surface area contributed by atoms with Gasteiger partial charge in [-0.2, -0.15) is 9.40 Å². The van der Waals surface area contributed by atoms with E-state index in [4.69, 9.17) is 9.72 Å². The Morgan fingerprint density at radius 2 is 1.97 bits per heavy atom. The van der Waals surface area contributed by atoms with Gasteiger partial charge in [0.1, 0.15) is 10.6 Å². The average molecular weight is 427 g/mol. The zero-order valence-electron chi connectivity index (χ0n) is 17.4. The monoisotopic (exact) mass is 426 g/mol. The highest BCUT2D eigenvalue weighted by Gasteiger charge is 2.38. The Morgan fingerprint density at radius 3 is 2.70 bits per heavy atom. The first-order valence-electron chi connectivity index (χ1n) is 10.00. The largest absolute Gasteiger partial charge is 0.496 e. The van der Waals surface area contributed by atoms with Crippen molar-refractivity contribution in [3.63, 3.8) is 0 Å². The minimum atomic E-state index is -3.64. The molecule has 1 aliphatic heterocycles. The summed E-state index contributed by atoms with van der Waals surface area (Å²) in [6, 6.07) is 13.4. The Kier molecular flexibility index (Phi) is 5.62. The van der Waals surface area contributed by atoms with Gasteiger partial charge in [-0.1, -0.05) is 24.3 Å². The first-order chi connectivity index (χ1) is 14.4. The van der Waals surface area contributed by atoms with E-state index in [-0.39, 0.29) is 10.9 Å². The second-order valence-electron chi connectivity index (χ2n) is 7.57. The molecule has 30 heavy (non-hydrogen) atoms. The molecule has 0 radical (unpaired) electrons. The zero-order valence-corrected chi connectivity index (χ0v) is 18.3. The molecule has 8 heteroatoms. The molecule has 1 aliphatic rings. The lowest BCUT2D eigenvalue weighted by molar-refractivity contribution is 0.389. The van der Waals surface area contributed by atoms with Gasteiger partial charge in [-0.15, -0.1) is 0 Å². The van der Waals surface area contributed by atoms with E-state index in [9.17, 15) is 8.42 Å². The van der Waals surface area contributed by atoms with Crippen molar-refractivity contribution >= 4 is 10.0 Å². The molecule has 0 aliphatic carbocycles. The van der Waals surface area contributed by atoms with Crippen molar-refractivity contribution in [2.24, 2.45) is 7.05 Å². The molecule has 0 spiro atoms. The number of aryl methyl sites for hydroxylation is 2. The third-order valence-corrected chi connectivity index (χ3v) is 7.50. The number of nitrogens with zero attached hydrogens (tertiary/aromatic N) is 4. The van der Waals surface area contributed by atoms with Gasteiger partial charge < -0.3 is 4.74 Å². The third-order valence-electron chi connectivity index (χ3n) is 5.49. The standard InChI is InChI=1S/C22H26N4O3S/c1-16-22(15-25(2)24-16)30(27,28)26-13-7-11-20(26)19-10-6-9-18(23-19)14-17-8-4-5-12-21(17)29-3/h4-6,8-10,12,15,20H,7,11,13-14H2,1-3H3/t20-/m0/s1. The fourth-order valence-electron chi connectivity index (χ4n) is 4.11. The predicted molar refractivity (Wildman–Crippen MR) is 114 cm³/mol. The van der Waals surface area contributed by atoms with Crippen LogP contribution in [-0.4, -0.2) is 41.1 Å². The lowest BCUT2D eigenvalue weighted by atomic mass is 10.1. The highest BCUT2D eigenvalue weighted by atomic mass is 32.2. The summed E-state index contributed by atoms with van der Waals surface area (Å²) < 4.78 is 35.2. The number of hydrogen-bond acceptors (Lipinski definition) is 5. The van der Waals surface area contributed by atoms with Gasteiger partial charge in [0.2, 0.25) is 10.0 Å². The molecule has 7 nitrogen and oxygen atoms in total. The van der Waals surface area contributed by atoms with Crippen molar-refractivity contribution in [1.29, 1.82) is 0 Å². The molecule has 3 aromatic rings. The van der Waals surface area contributed by atoms with Gasteiger partial charge in [0.15, 0.2) is 0 Å². The van der Waals surface area contributed by atoms with Gasteiger partial charge in [-0.3, -0.25) is 9.67 Å². The first-order valence-corrected chi connectivity index (χ1v) is 11.4. The quantitative estimate of drug-likeness (QED) is 0.605. The molecule has 3 heterocycles. The van der Waals surface area contributed by atoms with E-state index in [0.717, 1.165) is 35.5 Å². The number of rotatable bonds is 6. The van der Waals surface area contributed by atoms with E-state index >= 15 is 0 Å². The molecular weight excluding hydrogens is 400 g/mol. The smallest absolute Gasteiger partial charge is 0.247 e. The summed E-state index contributed by atoms with van der Waals surface area (Å²) in [4.78, 5) is 5.09. The molecule has 0 N–H and O–H groups in total. The van der Waals surface area contributed by atoms with E-state index in [2.05, 4.69) is 5.10 Å². The van der Waals surface area contributed by atoms with Crippen molar-refractivity contribution in [1.82, 2.24) is 19.1 Å². The normalized spacial score (nSPS) is 17.4. The van der Waals surface area contributed by atoms with Crippen LogP contribution >= 0.6 is 0 Å². The van der Waals surface area contributed by atoms with Crippen LogP contribution in [0.2, 0.25) is 0 Å². The van der Waals surface area contributed by atoms with Crippen molar-refractivity contribution in [2.45, 2.75) is 37.1 Å². The highest BCUT2D eigenvalue weighted by Crippen LogP contribution is 2.36. The van der Waals surface area contributed by atoms with E-state index in [0.29, 0.717) is 18.7 Å². The summed E-state index contributed by atoms with van der Waals surface area (Å²) in [5, 5.41) is 4.21. The van der Waals surface area contributed by atoms with Crippen molar-refractivity contribution in [2.75, 3.05) is 13.7 Å². The highest BCUT2D eigenvalue weighted by molar-refractivity contribution is 7.89. The fourth-order valence-corrected chi connectivity index (χ4v) is 5.98. The molecule has 0 unspecified atom stereocenters. The van der Waals surface area contributed by atoms with Crippen LogP contribution < -0.4 is 4.74 Å². The van der Waals surface area contributed by atoms with Crippen molar-refractivity contribution in [3.8, 4) is 5.75 Å². The Hall–Kier alpha value is -2.71. The van der Waals surface area contributed by atoms with Gasteiger partial charge in [0.25, 0.3) is 0 Å². The van der Waals surface area contributed by atoms with Crippen molar-refractivity contribution < 1.29 is 13.2 Å². The average Bonchev–Trinajstić information content (AvgIpc) is 3.36. The summed E-state index contributed by atoms with van der Waals surface area (Å²) in [6.07, 6.45) is 3.76. The number of para-hydroxylation sites is 1. The Morgan fingerprint density at radius 1 is 1.17 bits per heavy atom. The topological polar surface area (TPSA) is 77.3 Å². The van der Waals surface area contributed by atoms with E-state index < -0.39 is 10.0 Å². The lowest BCUT2D eigenvalue weighted by Gasteiger charge is -2.23. The van der Waals surface area contributed by atoms with E-state index in [1.165, 1.54) is 0 Å². The molecule has 158 valence electrons. The second kappa shape index (κ2) is 8.20. The molecule has 1 aromatic carbocycles. The van der Waals surface area contributed by atoms with E-state index in [1.54, 1.807) is 36.3 Å². The molecule has 1 fully saturated rings. The maximum Gasteiger partial charge on any atom is 0.247 e. The maximum atomic E-state index is 13.3. The minimum Gasteiger partial charge on any atom is -0.496 e. The molecule has 0 saturated carbocycles. The van der Waals surface area contributed by atoms with Gasteiger partial charge in [-0.05, 0) is 38.0 Å². The van der Waals surface area contributed by atoms with Crippen LogP contribution in [0.5, 0.6) is 5.75 Å². The molecule has 0 bridgehead atoms. The molecule has 1 saturated heterocycles. The number of aromatic nitrogens is 3. The van der Waals surface area contributed by atoms with Crippen LogP contribution in [0.3, 0.4) is 0 Å². The molecule has 1 atom stereocenters. The number of benzene rings is 1. The van der Waals surface area contributed by atoms with Gasteiger partial charge in [0.05, 0.1) is 24.5 Å².